The van der Waals surface area contributed by atoms with E-state index in [0.717, 1.165) is 12.8 Å². The molecule has 1 fully saturated rings. The number of aromatic nitrogens is 2. The third-order valence-corrected chi connectivity index (χ3v) is 3.28. The molecule has 21 heavy (non-hydrogen) atoms. The molecule has 0 atom stereocenters. The fourth-order valence-corrected chi connectivity index (χ4v) is 2.22. The fourth-order valence-electron chi connectivity index (χ4n) is 2.22. The Labute approximate surface area is 123 Å². The smallest absolute Gasteiger partial charge is 0.332 e. The summed E-state index contributed by atoms with van der Waals surface area (Å²) in [6, 6.07) is 2.32. The summed E-state index contributed by atoms with van der Waals surface area (Å²) in [4.78, 5) is 21.2. The summed E-state index contributed by atoms with van der Waals surface area (Å²) < 4.78 is 0. The Morgan fingerprint density at radius 1 is 1.52 bits per heavy atom. The summed E-state index contributed by atoms with van der Waals surface area (Å²) >= 11 is 0. The van der Waals surface area contributed by atoms with E-state index in [-0.39, 0.29) is 11.7 Å². The van der Waals surface area contributed by atoms with Crippen LogP contribution in [0, 0.1) is 28.4 Å². The van der Waals surface area contributed by atoms with E-state index in [1.54, 1.807) is 6.92 Å². The van der Waals surface area contributed by atoms with Gasteiger partial charge in [-0.3, -0.25) is 10.1 Å². The van der Waals surface area contributed by atoms with Crippen molar-refractivity contribution in [2.45, 2.75) is 39.2 Å². The van der Waals surface area contributed by atoms with Crippen LogP contribution in [0.5, 0.6) is 0 Å². The number of aryl methyl sites for hydroxylation is 1. The second-order valence-electron chi connectivity index (χ2n) is 4.92. The van der Waals surface area contributed by atoms with Crippen LogP contribution in [0.1, 0.15) is 31.9 Å². The molecule has 0 unspecified atom stereocenters. The number of nitro groups is 1. The van der Waals surface area contributed by atoms with Crippen LogP contribution in [0.2, 0.25) is 0 Å². The predicted molar refractivity (Wildman–Crippen MR) is 78.2 cm³/mol. The molecule has 0 radical (unpaired) electrons. The van der Waals surface area contributed by atoms with Crippen molar-refractivity contribution in [1.82, 2.24) is 9.97 Å². The summed E-state index contributed by atoms with van der Waals surface area (Å²) in [6.45, 7) is 4.61. The number of hydrogen-bond acceptors (Lipinski definition) is 7. The van der Waals surface area contributed by atoms with Gasteiger partial charge in [-0.15, -0.1) is 0 Å². The van der Waals surface area contributed by atoms with Gasteiger partial charge in [-0.25, -0.2) is 4.98 Å². The van der Waals surface area contributed by atoms with Crippen LogP contribution in [-0.2, 0) is 0 Å². The van der Waals surface area contributed by atoms with E-state index >= 15 is 0 Å². The van der Waals surface area contributed by atoms with E-state index in [0.29, 0.717) is 37.0 Å². The molecule has 1 aliphatic rings. The summed E-state index contributed by atoms with van der Waals surface area (Å²) in [5, 5.41) is 23.1. The zero-order chi connectivity index (χ0) is 15.4. The Kier molecular flexibility index (Phi) is 4.52. The second kappa shape index (κ2) is 6.35. The summed E-state index contributed by atoms with van der Waals surface area (Å²) in [5.74, 6) is 0.708. The van der Waals surface area contributed by atoms with E-state index in [4.69, 9.17) is 5.26 Å². The minimum Gasteiger partial charge on any atom is -0.354 e. The Hall–Kier alpha value is -2.43. The lowest BCUT2D eigenvalue weighted by Crippen LogP contribution is -2.29. The molecule has 1 aromatic heterocycles. The molecular formula is C13H18N6O2. The largest absolute Gasteiger partial charge is 0.354 e. The highest BCUT2D eigenvalue weighted by Crippen LogP contribution is 2.37. The van der Waals surface area contributed by atoms with Crippen molar-refractivity contribution in [2.24, 2.45) is 0 Å². The first-order chi connectivity index (χ1) is 10.1. The summed E-state index contributed by atoms with van der Waals surface area (Å²) in [7, 11) is 0. The third kappa shape index (κ3) is 3.37. The third-order valence-electron chi connectivity index (χ3n) is 3.28. The quantitative estimate of drug-likeness (QED) is 0.604. The first-order valence-electron chi connectivity index (χ1n) is 6.99. The van der Waals surface area contributed by atoms with Gasteiger partial charge in [0.1, 0.15) is 5.69 Å². The van der Waals surface area contributed by atoms with E-state index in [2.05, 4.69) is 21.4 Å². The van der Waals surface area contributed by atoms with Gasteiger partial charge in [-0.05, 0) is 26.7 Å². The van der Waals surface area contributed by atoms with Crippen LogP contribution in [0.15, 0.2) is 0 Å². The molecule has 2 rings (SSSR count). The highest BCUT2D eigenvalue weighted by Gasteiger charge is 2.35. The van der Waals surface area contributed by atoms with Gasteiger partial charge in [-0.2, -0.15) is 10.2 Å². The number of nitrogens with zero attached hydrogens (tertiary/aromatic N) is 5. The molecule has 0 amide bonds. The Morgan fingerprint density at radius 2 is 2.24 bits per heavy atom. The lowest BCUT2D eigenvalue weighted by atomic mass is 10.3. The van der Waals surface area contributed by atoms with Gasteiger partial charge >= 0.3 is 5.69 Å². The molecule has 0 bridgehead atoms. The molecule has 8 nitrogen and oxygen atoms in total. The van der Waals surface area contributed by atoms with Gasteiger partial charge in [0.2, 0.25) is 11.8 Å². The van der Waals surface area contributed by atoms with Crippen molar-refractivity contribution in [3.8, 4) is 6.07 Å². The first-order valence-corrected chi connectivity index (χ1v) is 6.99. The Bertz CT molecular complexity index is 579. The highest BCUT2D eigenvalue weighted by molar-refractivity contribution is 5.63. The van der Waals surface area contributed by atoms with E-state index < -0.39 is 4.92 Å². The van der Waals surface area contributed by atoms with Crippen LogP contribution in [-0.4, -0.2) is 34.0 Å². The van der Waals surface area contributed by atoms with Crippen LogP contribution in [0.25, 0.3) is 0 Å². The second-order valence-corrected chi connectivity index (χ2v) is 4.92. The minimum atomic E-state index is -0.442. The topological polar surface area (TPSA) is 108 Å². The number of hydrogen-bond donors (Lipinski definition) is 1. The van der Waals surface area contributed by atoms with Gasteiger partial charge < -0.3 is 10.2 Å². The molecule has 1 N–H and O–H groups in total. The van der Waals surface area contributed by atoms with E-state index in [1.807, 2.05) is 11.8 Å². The van der Waals surface area contributed by atoms with Crippen molar-refractivity contribution < 1.29 is 4.92 Å². The average Bonchev–Trinajstić information content (AvgIpc) is 3.23. The van der Waals surface area contributed by atoms with E-state index in [9.17, 15) is 10.1 Å². The molecule has 0 aromatic carbocycles. The standard InChI is InChI=1S/C13H18N6O2/c1-3-15-13-16-9(2)11(19(20)21)12(17-13)18(8-4-7-14)10-5-6-10/h10H,3-6,8H2,1-2H3,(H,15,16,17). The van der Waals surface area contributed by atoms with Crippen LogP contribution >= 0.6 is 0 Å². The van der Waals surface area contributed by atoms with Crippen molar-refractivity contribution in [3.05, 3.63) is 15.8 Å². The summed E-state index contributed by atoms with van der Waals surface area (Å²) in [5.41, 5.74) is 0.269. The monoisotopic (exact) mass is 290 g/mol. The maximum Gasteiger partial charge on any atom is 0.332 e. The number of anilines is 2. The zero-order valence-corrected chi connectivity index (χ0v) is 12.2. The number of nitrogens with one attached hydrogen (secondary N) is 1. The van der Waals surface area contributed by atoms with Crippen molar-refractivity contribution in [2.75, 3.05) is 23.3 Å². The van der Waals surface area contributed by atoms with Crippen LogP contribution in [0.3, 0.4) is 0 Å². The number of nitriles is 1. The van der Waals surface area contributed by atoms with Gasteiger partial charge in [0.25, 0.3) is 0 Å². The molecule has 0 spiro atoms. The molecule has 8 heteroatoms. The average molecular weight is 290 g/mol. The highest BCUT2D eigenvalue weighted by atomic mass is 16.6. The van der Waals surface area contributed by atoms with Crippen molar-refractivity contribution >= 4 is 17.5 Å². The molecule has 1 aliphatic carbocycles. The van der Waals surface area contributed by atoms with Crippen molar-refractivity contribution in [1.29, 1.82) is 5.26 Å². The molecule has 1 saturated carbocycles. The lowest BCUT2D eigenvalue weighted by Gasteiger charge is -2.22. The maximum absolute atomic E-state index is 11.3. The summed E-state index contributed by atoms with van der Waals surface area (Å²) in [6.07, 6.45) is 2.26. The van der Waals surface area contributed by atoms with Gasteiger partial charge in [0, 0.05) is 19.1 Å². The SMILES string of the molecule is CCNc1nc(C)c([N+](=O)[O-])c(N(CCC#N)C2CC2)n1. The Morgan fingerprint density at radius 3 is 2.76 bits per heavy atom. The molecule has 0 saturated heterocycles. The minimum absolute atomic E-state index is 0.0681. The molecule has 1 heterocycles. The lowest BCUT2D eigenvalue weighted by molar-refractivity contribution is -0.385. The zero-order valence-electron chi connectivity index (χ0n) is 12.2. The Balaban J connectivity index is 2.46. The molecular weight excluding hydrogens is 272 g/mol. The van der Waals surface area contributed by atoms with Gasteiger partial charge in [0.15, 0.2) is 0 Å². The van der Waals surface area contributed by atoms with Gasteiger partial charge in [-0.1, -0.05) is 0 Å². The van der Waals surface area contributed by atoms with Crippen molar-refractivity contribution in [3.63, 3.8) is 0 Å². The maximum atomic E-state index is 11.3. The van der Waals surface area contributed by atoms with Crippen LogP contribution < -0.4 is 10.2 Å². The molecule has 112 valence electrons. The normalized spacial score (nSPS) is 13.6. The van der Waals surface area contributed by atoms with Gasteiger partial charge in [0.05, 0.1) is 17.4 Å². The predicted octanol–water partition coefficient (Wildman–Crippen LogP) is 2.01. The van der Waals surface area contributed by atoms with Crippen LogP contribution in [0.4, 0.5) is 17.5 Å². The number of rotatable bonds is 7. The van der Waals surface area contributed by atoms with E-state index in [1.165, 1.54) is 0 Å². The molecule has 1 aromatic rings. The molecule has 0 aliphatic heterocycles. The fraction of sp³-hybridized carbons (Fsp3) is 0.615. The first kappa shape index (κ1) is 15.0.